The highest BCUT2D eigenvalue weighted by Gasteiger charge is 2.29. The van der Waals surface area contributed by atoms with E-state index >= 15 is 0 Å². The summed E-state index contributed by atoms with van der Waals surface area (Å²) in [5.74, 6) is -1.53. The first-order valence-corrected chi connectivity index (χ1v) is 10.5. The van der Waals surface area contributed by atoms with Crippen LogP contribution in [0.4, 0.5) is 4.79 Å². The number of nitrogens with one attached hydrogen (secondary N) is 2. The Labute approximate surface area is 181 Å². The van der Waals surface area contributed by atoms with Gasteiger partial charge in [-0.3, -0.25) is 4.79 Å². The van der Waals surface area contributed by atoms with Crippen molar-refractivity contribution in [2.24, 2.45) is 0 Å². The number of carboxylic acid groups (broad SMARTS) is 1. The van der Waals surface area contributed by atoms with Crippen LogP contribution in [0.3, 0.4) is 0 Å². The molecular formula is C24H28N2O5. The summed E-state index contributed by atoms with van der Waals surface area (Å²) >= 11 is 0. The smallest absolute Gasteiger partial charge is 0.407 e. The highest BCUT2D eigenvalue weighted by molar-refractivity contribution is 5.84. The highest BCUT2D eigenvalue weighted by Crippen LogP contribution is 2.44. The van der Waals surface area contributed by atoms with Crippen LogP contribution in [0.2, 0.25) is 0 Å². The first-order chi connectivity index (χ1) is 14.9. The van der Waals surface area contributed by atoms with Gasteiger partial charge in [-0.2, -0.15) is 0 Å². The normalized spacial score (nSPS) is 14.1. The molecular weight excluding hydrogens is 396 g/mol. The summed E-state index contributed by atoms with van der Waals surface area (Å²) in [4.78, 5) is 35.6. The molecule has 2 aromatic carbocycles. The molecule has 2 atom stereocenters. The summed E-state index contributed by atoms with van der Waals surface area (Å²) in [5, 5.41) is 14.3. The average molecular weight is 424 g/mol. The van der Waals surface area contributed by atoms with Gasteiger partial charge in [0.1, 0.15) is 12.6 Å². The molecule has 2 amide bonds. The number of carbonyl (C=O) groups is 3. The SMILES string of the molecule is CCC[C@H](NC(=O)C[C@@H](C)NC(=O)OCC1c2ccccc2-c2ccccc21)C(=O)O. The van der Waals surface area contributed by atoms with Crippen molar-refractivity contribution in [2.45, 2.75) is 51.1 Å². The zero-order valence-electron chi connectivity index (χ0n) is 17.8. The van der Waals surface area contributed by atoms with Gasteiger partial charge in [0.25, 0.3) is 0 Å². The lowest BCUT2D eigenvalue weighted by molar-refractivity contribution is -0.142. The van der Waals surface area contributed by atoms with Crippen LogP contribution in [0.1, 0.15) is 50.2 Å². The Morgan fingerprint density at radius 2 is 1.58 bits per heavy atom. The third-order valence-corrected chi connectivity index (χ3v) is 5.41. The molecule has 0 heterocycles. The number of carbonyl (C=O) groups excluding carboxylic acids is 2. The van der Waals surface area contributed by atoms with E-state index in [1.54, 1.807) is 6.92 Å². The molecule has 7 nitrogen and oxygen atoms in total. The Morgan fingerprint density at radius 3 is 2.13 bits per heavy atom. The maximum atomic E-state index is 12.3. The Hall–Kier alpha value is -3.35. The number of hydrogen-bond donors (Lipinski definition) is 3. The van der Waals surface area contributed by atoms with Crippen LogP contribution in [-0.2, 0) is 14.3 Å². The van der Waals surface area contributed by atoms with Gasteiger partial charge in [0.05, 0.1) is 0 Å². The largest absolute Gasteiger partial charge is 0.480 e. The van der Waals surface area contributed by atoms with E-state index < -0.39 is 30.1 Å². The molecule has 31 heavy (non-hydrogen) atoms. The topological polar surface area (TPSA) is 105 Å². The third-order valence-electron chi connectivity index (χ3n) is 5.41. The monoisotopic (exact) mass is 424 g/mol. The molecule has 3 N–H and O–H groups in total. The van der Waals surface area contributed by atoms with Crippen LogP contribution in [0.5, 0.6) is 0 Å². The number of carboxylic acids is 1. The van der Waals surface area contributed by atoms with Crippen LogP contribution < -0.4 is 10.6 Å². The lowest BCUT2D eigenvalue weighted by Gasteiger charge is -2.18. The van der Waals surface area contributed by atoms with Crippen molar-refractivity contribution in [1.82, 2.24) is 10.6 Å². The van der Waals surface area contributed by atoms with E-state index in [0.717, 1.165) is 22.3 Å². The second-order valence-electron chi connectivity index (χ2n) is 7.82. The van der Waals surface area contributed by atoms with E-state index in [1.807, 2.05) is 43.3 Å². The Bertz CT molecular complexity index is 913. The van der Waals surface area contributed by atoms with Gasteiger partial charge < -0.3 is 20.5 Å². The second kappa shape index (κ2) is 10.1. The first kappa shape index (κ1) is 22.3. The van der Waals surface area contributed by atoms with Crippen molar-refractivity contribution in [1.29, 1.82) is 0 Å². The van der Waals surface area contributed by atoms with Crippen molar-refractivity contribution in [3.8, 4) is 11.1 Å². The zero-order chi connectivity index (χ0) is 22.4. The van der Waals surface area contributed by atoms with E-state index in [1.165, 1.54) is 0 Å². The number of amides is 2. The van der Waals surface area contributed by atoms with Crippen LogP contribution in [0.25, 0.3) is 11.1 Å². The van der Waals surface area contributed by atoms with Crippen molar-refractivity contribution >= 4 is 18.0 Å². The lowest BCUT2D eigenvalue weighted by Crippen LogP contribution is -2.44. The third kappa shape index (κ3) is 5.42. The van der Waals surface area contributed by atoms with Gasteiger partial charge in [0.15, 0.2) is 0 Å². The van der Waals surface area contributed by atoms with Gasteiger partial charge in [-0.25, -0.2) is 9.59 Å². The fraction of sp³-hybridized carbons (Fsp3) is 0.375. The van der Waals surface area contributed by atoms with Gasteiger partial charge in [-0.15, -0.1) is 0 Å². The van der Waals surface area contributed by atoms with Crippen LogP contribution in [0.15, 0.2) is 48.5 Å². The van der Waals surface area contributed by atoms with Crippen molar-refractivity contribution in [3.63, 3.8) is 0 Å². The fourth-order valence-corrected chi connectivity index (χ4v) is 3.97. The van der Waals surface area contributed by atoms with Crippen LogP contribution >= 0.6 is 0 Å². The summed E-state index contributed by atoms with van der Waals surface area (Å²) in [6.45, 7) is 3.72. The van der Waals surface area contributed by atoms with E-state index in [-0.39, 0.29) is 18.9 Å². The number of rotatable bonds is 9. The standard InChI is InChI=1S/C24H28N2O5/c1-3-8-21(23(28)29)26-22(27)13-15(2)25-24(30)31-14-20-18-11-6-4-9-16(18)17-10-5-7-12-19(17)20/h4-7,9-12,15,20-21H,3,8,13-14H2,1-2H3,(H,25,30)(H,26,27)(H,28,29)/t15-,21+/m1/s1. The minimum Gasteiger partial charge on any atom is -0.480 e. The summed E-state index contributed by atoms with van der Waals surface area (Å²) in [5.41, 5.74) is 4.55. The maximum absolute atomic E-state index is 12.3. The minimum atomic E-state index is -1.06. The number of hydrogen-bond acceptors (Lipinski definition) is 4. The molecule has 0 bridgehead atoms. The second-order valence-corrected chi connectivity index (χ2v) is 7.82. The molecule has 164 valence electrons. The zero-order valence-corrected chi connectivity index (χ0v) is 17.8. The van der Waals surface area contributed by atoms with Gasteiger partial charge in [0.2, 0.25) is 5.91 Å². The van der Waals surface area contributed by atoms with E-state index in [9.17, 15) is 14.4 Å². The quantitative estimate of drug-likeness (QED) is 0.570. The molecule has 1 aliphatic rings. The molecule has 3 rings (SSSR count). The number of aliphatic carboxylic acids is 1. The van der Waals surface area contributed by atoms with Gasteiger partial charge in [0, 0.05) is 18.4 Å². The predicted molar refractivity (Wildman–Crippen MR) is 117 cm³/mol. The summed E-state index contributed by atoms with van der Waals surface area (Å²) < 4.78 is 5.47. The highest BCUT2D eigenvalue weighted by atomic mass is 16.5. The van der Waals surface area contributed by atoms with Crippen molar-refractivity contribution in [3.05, 3.63) is 59.7 Å². The Kier molecular flexibility index (Phi) is 7.28. The molecule has 0 aromatic heterocycles. The number of ether oxygens (including phenoxy) is 1. The van der Waals surface area contributed by atoms with Crippen molar-refractivity contribution < 1.29 is 24.2 Å². The Balaban J connectivity index is 1.52. The molecule has 0 aliphatic heterocycles. The van der Waals surface area contributed by atoms with Crippen LogP contribution in [-0.4, -0.2) is 41.8 Å². The predicted octanol–water partition coefficient (Wildman–Crippen LogP) is 3.67. The molecule has 7 heteroatoms. The van der Waals surface area contributed by atoms with Crippen LogP contribution in [0, 0.1) is 0 Å². The fourth-order valence-electron chi connectivity index (χ4n) is 3.97. The molecule has 0 unspecified atom stereocenters. The van der Waals surface area contributed by atoms with Gasteiger partial charge >= 0.3 is 12.1 Å². The number of alkyl carbamates (subject to hydrolysis) is 1. The summed E-state index contributed by atoms with van der Waals surface area (Å²) in [7, 11) is 0. The molecule has 0 saturated heterocycles. The lowest BCUT2D eigenvalue weighted by atomic mass is 9.98. The summed E-state index contributed by atoms with van der Waals surface area (Å²) in [6.07, 6.45) is 0.364. The molecule has 0 radical (unpaired) electrons. The molecule has 0 spiro atoms. The minimum absolute atomic E-state index is 0.0301. The Morgan fingerprint density at radius 1 is 1.00 bits per heavy atom. The average Bonchev–Trinajstić information content (AvgIpc) is 3.05. The maximum Gasteiger partial charge on any atom is 0.407 e. The molecule has 1 aliphatic carbocycles. The van der Waals surface area contributed by atoms with Gasteiger partial charge in [-0.05, 0) is 35.6 Å². The van der Waals surface area contributed by atoms with E-state index in [0.29, 0.717) is 12.8 Å². The van der Waals surface area contributed by atoms with E-state index in [4.69, 9.17) is 9.84 Å². The molecule has 2 aromatic rings. The van der Waals surface area contributed by atoms with E-state index in [2.05, 4.69) is 22.8 Å². The first-order valence-electron chi connectivity index (χ1n) is 10.5. The van der Waals surface area contributed by atoms with Crippen molar-refractivity contribution in [2.75, 3.05) is 6.61 Å². The molecule has 0 saturated carbocycles. The number of benzene rings is 2. The summed E-state index contributed by atoms with van der Waals surface area (Å²) in [6, 6.07) is 14.7. The molecule has 0 fully saturated rings. The van der Waals surface area contributed by atoms with Gasteiger partial charge in [-0.1, -0.05) is 61.9 Å². The number of fused-ring (bicyclic) bond motifs is 3.